The van der Waals surface area contributed by atoms with Gasteiger partial charge in [0, 0.05) is 27.1 Å². The van der Waals surface area contributed by atoms with E-state index in [1.54, 1.807) is 13.3 Å². The van der Waals surface area contributed by atoms with Crippen molar-refractivity contribution in [3.05, 3.63) is 64.3 Å². The van der Waals surface area contributed by atoms with Crippen LogP contribution in [0.15, 0.2) is 53.6 Å². The molecule has 9 heteroatoms. The van der Waals surface area contributed by atoms with Gasteiger partial charge in [0.05, 0.1) is 30.2 Å². The summed E-state index contributed by atoms with van der Waals surface area (Å²) in [6, 6.07) is 13.4. The van der Waals surface area contributed by atoms with Crippen molar-refractivity contribution in [1.82, 2.24) is 9.88 Å². The predicted molar refractivity (Wildman–Crippen MR) is 155 cm³/mol. The molecule has 1 aliphatic heterocycles. The van der Waals surface area contributed by atoms with E-state index in [0.29, 0.717) is 29.2 Å². The van der Waals surface area contributed by atoms with Crippen molar-refractivity contribution in [3.8, 4) is 5.75 Å². The number of aliphatic hydroxyl groups is 1. The number of hydrogen-bond acceptors (Lipinski definition) is 6. The van der Waals surface area contributed by atoms with Crippen LogP contribution in [0.3, 0.4) is 0 Å². The molecule has 204 valence electrons. The van der Waals surface area contributed by atoms with Crippen molar-refractivity contribution in [1.29, 1.82) is 0 Å². The van der Waals surface area contributed by atoms with Gasteiger partial charge in [-0.05, 0) is 105 Å². The molecule has 3 aromatic rings. The lowest BCUT2D eigenvalue weighted by molar-refractivity contribution is -0.141. The summed E-state index contributed by atoms with van der Waals surface area (Å²) in [6.07, 6.45) is 4.56. The summed E-state index contributed by atoms with van der Waals surface area (Å²) < 4.78 is 5.36. The van der Waals surface area contributed by atoms with Gasteiger partial charge < -0.3 is 19.8 Å². The highest BCUT2D eigenvalue weighted by atomic mass is 35.5. The van der Waals surface area contributed by atoms with Crippen LogP contribution in [0, 0.1) is 5.41 Å². The third-order valence-corrected chi connectivity index (χ3v) is 9.14. The van der Waals surface area contributed by atoms with Crippen LogP contribution in [-0.4, -0.2) is 58.6 Å². The fraction of sp³-hybridized carbons (Fsp3) is 0.448. The number of carbonyl (C=O) groups is 1. The maximum absolute atomic E-state index is 11.8. The summed E-state index contributed by atoms with van der Waals surface area (Å²) in [7, 11) is 1.59. The summed E-state index contributed by atoms with van der Waals surface area (Å²) in [5, 5.41) is 22.8. The number of hydrogen-bond donors (Lipinski definition) is 2. The minimum atomic E-state index is -0.825. The van der Waals surface area contributed by atoms with Gasteiger partial charge in [0.25, 0.3) is 0 Å². The van der Waals surface area contributed by atoms with Crippen LogP contribution in [0.2, 0.25) is 10.0 Å². The van der Waals surface area contributed by atoms with E-state index >= 15 is 0 Å². The summed E-state index contributed by atoms with van der Waals surface area (Å²) >= 11 is 14.3. The molecule has 2 N–H and O–H groups in total. The number of fused-ring (bicyclic) bond motifs is 1. The summed E-state index contributed by atoms with van der Waals surface area (Å²) in [4.78, 5) is 19.8. The third kappa shape index (κ3) is 7.54. The summed E-state index contributed by atoms with van der Waals surface area (Å²) in [6.45, 7) is 2.73. The number of pyridine rings is 1. The first kappa shape index (κ1) is 29.0. The van der Waals surface area contributed by atoms with Crippen LogP contribution in [-0.2, 0) is 4.79 Å². The minimum absolute atomic E-state index is 0.110. The Bertz CT molecular complexity index is 1230. The average Bonchev–Trinajstić information content (AvgIpc) is 2.91. The SMILES string of the molecule is COc1ccc2ncc(Cl)c([C@@H](O)CCC3(CC(=O)O)CCN(CCCSc4ccc(Cl)cc4)CC3)c2c1. The van der Waals surface area contributed by atoms with Crippen molar-refractivity contribution < 1.29 is 19.7 Å². The molecule has 38 heavy (non-hydrogen) atoms. The molecule has 1 fully saturated rings. The number of aliphatic hydroxyl groups excluding tert-OH is 1. The number of thioether (sulfide) groups is 1. The van der Waals surface area contributed by atoms with Gasteiger partial charge >= 0.3 is 5.97 Å². The number of carboxylic acid groups (broad SMARTS) is 1. The first-order valence-electron chi connectivity index (χ1n) is 12.9. The summed E-state index contributed by atoms with van der Waals surface area (Å²) in [5.74, 6) is 0.900. The van der Waals surface area contributed by atoms with Crippen LogP contribution in [0.25, 0.3) is 10.9 Å². The Morgan fingerprint density at radius 2 is 1.92 bits per heavy atom. The molecule has 6 nitrogen and oxygen atoms in total. The Morgan fingerprint density at radius 1 is 1.18 bits per heavy atom. The molecule has 2 heterocycles. The van der Waals surface area contributed by atoms with Crippen molar-refractivity contribution in [2.75, 3.05) is 32.5 Å². The molecule has 0 bridgehead atoms. The predicted octanol–water partition coefficient (Wildman–Crippen LogP) is 7.10. The van der Waals surface area contributed by atoms with E-state index in [-0.39, 0.29) is 11.8 Å². The zero-order chi connectivity index (χ0) is 27.1. The molecular weight excluding hydrogens is 543 g/mol. The van der Waals surface area contributed by atoms with Crippen molar-refractivity contribution in [2.45, 2.75) is 49.5 Å². The third-order valence-electron chi connectivity index (χ3n) is 7.49. The quantitative estimate of drug-likeness (QED) is 0.175. The second kappa shape index (κ2) is 13.4. The smallest absolute Gasteiger partial charge is 0.303 e. The van der Waals surface area contributed by atoms with Crippen LogP contribution >= 0.6 is 35.0 Å². The number of halogens is 2. The Hall–Kier alpha value is -2.03. The van der Waals surface area contributed by atoms with Gasteiger partial charge in [-0.15, -0.1) is 11.8 Å². The highest BCUT2D eigenvalue weighted by Crippen LogP contribution is 2.43. The fourth-order valence-electron chi connectivity index (χ4n) is 5.32. The van der Waals surface area contributed by atoms with Crippen molar-refractivity contribution in [2.24, 2.45) is 5.41 Å². The second-order valence-electron chi connectivity index (χ2n) is 10.0. The maximum atomic E-state index is 11.8. The topological polar surface area (TPSA) is 82.9 Å². The molecule has 4 rings (SSSR count). The minimum Gasteiger partial charge on any atom is -0.497 e. The molecule has 2 aromatic carbocycles. The Kier molecular flexibility index (Phi) is 10.2. The van der Waals surface area contributed by atoms with Gasteiger partial charge in [0.2, 0.25) is 0 Å². The van der Waals surface area contributed by atoms with Crippen LogP contribution < -0.4 is 4.74 Å². The van der Waals surface area contributed by atoms with E-state index < -0.39 is 12.1 Å². The molecule has 1 aliphatic rings. The van der Waals surface area contributed by atoms with E-state index in [1.165, 1.54) is 4.90 Å². The number of ether oxygens (including phenoxy) is 1. The Balaban J connectivity index is 1.34. The van der Waals surface area contributed by atoms with E-state index in [2.05, 4.69) is 9.88 Å². The number of rotatable bonds is 12. The van der Waals surface area contributed by atoms with Gasteiger partial charge in [-0.1, -0.05) is 23.2 Å². The lowest BCUT2D eigenvalue weighted by Crippen LogP contribution is -2.41. The van der Waals surface area contributed by atoms with Gasteiger partial charge in [0.1, 0.15) is 5.75 Å². The largest absolute Gasteiger partial charge is 0.497 e. The number of likely N-dealkylation sites (tertiary alicyclic amines) is 1. The van der Waals surface area contributed by atoms with Gasteiger partial charge in [-0.25, -0.2) is 0 Å². The zero-order valence-corrected chi connectivity index (χ0v) is 23.9. The Morgan fingerprint density at radius 3 is 2.61 bits per heavy atom. The molecular formula is C29H34Cl2N2O4S. The normalized spacial score (nSPS) is 16.4. The molecule has 1 aromatic heterocycles. The lowest BCUT2D eigenvalue weighted by Gasteiger charge is -2.41. The monoisotopic (exact) mass is 576 g/mol. The highest BCUT2D eigenvalue weighted by Gasteiger charge is 2.37. The van der Waals surface area contributed by atoms with Gasteiger partial charge in [-0.2, -0.15) is 0 Å². The highest BCUT2D eigenvalue weighted by molar-refractivity contribution is 7.99. The first-order valence-corrected chi connectivity index (χ1v) is 14.7. The van der Waals surface area contributed by atoms with Crippen LogP contribution in [0.5, 0.6) is 5.75 Å². The molecule has 1 saturated heterocycles. The molecule has 0 aliphatic carbocycles. The molecule has 0 amide bonds. The lowest BCUT2D eigenvalue weighted by atomic mass is 9.71. The van der Waals surface area contributed by atoms with Crippen LogP contribution in [0.4, 0.5) is 0 Å². The number of methoxy groups -OCH3 is 1. The number of carboxylic acids is 1. The fourth-order valence-corrected chi connectivity index (χ4v) is 6.56. The molecule has 0 spiro atoms. The van der Waals surface area contributed by atoms with E-state index in [0.717, 1.165) is 60.6 Å². The van der Waals surface area contributed by atoms with Crippen molar-refractivity contribution >= 4 is 51.8 Å². The van der Waals surface area contributed by atoms with Gasteiger partial charge in [-0.3, -0.25) is 9.78 Å². The standard InChI is InChI=1S/C29H34Cl2N2O4S/c1-37-21-5-8-25-23(17-21)28(24(31)19-32-25)26(34)9-10-29(18-27(35)36)11-14-33(15-12-29)13-2-16-38-22-6-3-20(30)4-7-22/h3-8,17,19,26,34H,2,9-16,18H2,1H3,(H,35,36)/t26-/m0/s1. The Labute approximate surface area is 238 Å². The van der Waals surface area contributed by atoms with Crippen LogP contribution in [0.1, 0.15) is 50.2 Å². The number of aromatic nitrogens is 1. The number of benzene rings is 2. The van der Waals surface area contributed by atoms with Gasteiger partial charge in [0.15, 0.2) is 0 Å². The second-order valence-corrected chi connectivity index (χ2v) is 12.0. The molecule has 0 saturated carbocycles. The number of nitrogens with zero attached hydrogens (tertiary/aromatic N) is 2. The zero-order valence-electron chi connectivity index (χ0n) is 21.5. The average molecular weight is 578 g/mol. The van der Waals surface area contributed by atoms with E-state index in [9.17, 15) is 15.0 Å². The number of piperidine rings is 1. The van der Waals surface area contributed by atoms with E-state index in [1.807, 2.05) is 54.2 Å². The van der Waals surface area contributed by atoms with E-state index in [4.69, 9.17) is 27.9 Å². The molecule has 0 radical (unpaired) electrons. The maximum Gasteiger partial charge on any atom is 0.303 e. The molecule has 0 unspecified atom stereocenters. The first-order chi connectivity index (χ1) is 18.3. The van der Waals surface area contributed by atoms with Crippen molar-refractivity contribution in [3.63, 3.8) is 0 Å². The molecule has 1 atom stereocenters. The summed E-state index contributed by atoms with van der Waals surface area (Å²) in [5.41, 5.74) is 1.01. The number of aliphatic carboxylic acids is 1.